The van der Waals surface area contributed by atoms with Crippen LogP contribution < -0.4 is 5.32 Å². The Morgan fingerprint density at radius 2 is 2.00 bits per heavy atom. The molecule has 1 aliphatic heterocycles. The van der Waals surface area contributed by atoms with Gasteiger partial charge < -0.3 is 10.1 Å². The molecule has 112 valence electrons. The number of nitrogens with one attached hydrogen (secondary N) is 1. The molecule has 0 amide bonds. The summed E-state index contributed by atoms with van der Waals surface area (Å²) in [4.78, 5) is 2.44. The molecule has 20 heavy (non-hydrogen) atoms. The standard InChI is InChI=1S/C17H28N2O/c1-5-9-18-12-15-17(19(4)10-11-20-15)16-13(2)7-6-8-14(16)3/h6-8,15,17-18H,5,9-12H2,1-4H3. The lowest BCUT2D eigenvalue weighted by molar-refractivity contribution is -0.0616. The Bertz CT molecular complexity index is 413. The molecule has 0 aromatic heterocycles. The van der Waals surface area contributed by atoms with Crippen LogP contribution in [0, 0.1) is 13.8 Å². The van der Waals surface area contributed by atoms with Gasteiger partial charge >= 0.3 is 0 Å². The van der Waals surface area contributed by atoms with E-state index in [1.165, 1.54) is 16.7 Å². The van der Waals surface area contributed by atoms with Gasteiger partial charge in [-0.3, -0.25) is 4.90 Å². The third-order valence-corrected chi connectivity index (χ3v) is 4.21. The second-order valence-electron chi connectivity index (χ2n) is 5.84. The number of hydrogen-bond acceptors (Lipinski definition) is 3. The van der Waals surface area contributed by atoms with Crippen molar-refractivity contribution in [2.24, 2.45) is 0 Å². The Morgan fingerprint density at radius 3 is 2.65 bits per heavy atom. The molecule has 1 saturated heterocycles. The molecule has 3 nitrogen and oxygen atoms in total. The van der Waals surface area contributed by atoms with Gasteiger partial charge in [0.15, 0.2) is 0 Å². The molecule has 3 heteroatoms. The molecule has 0 saturated carbocycles. The Balaban J connectivity index is 2.23. The van der Waals surface area contributed by atoms with Crippen molar-refractivity contribution in [3.8, 4) is 0 Å². The minimum Gasteiger partial charge on any atom is -0.374 e. The number of hydrogen-bond donors (Lipinski definition) is 1. The van der Waals surface area contributed by atoms with Gasteiger partial charge in [-0.1, -0.05) is 25.1 Å². The Kier molecular flexibility index (Phi) is 5.58. The first-order chi connectivity index (χ1) is 9.65. The molecule has 1 heterocycles. The summed E-state index contributed by atoms with van der Waals surface area (Å²) in [5, 5.41) is 3.51. The number of rotatable bonds is 5. The average Bonchev–Trinajstić information content (AvgIpc) is 2.41. The molecule has 1 aromatic rings. The highest BCUT2D eigenvalue weighted by atomic mass is 16.5. The predicted octanol–water partition coefficient (Wildman–Crippen LogP) is 2.67. The maximum Gasteiger partial charge on any atom is 0.0896 e. The van der Waals surface area contributed by atoms with Crippen molar-refractivity contribution in [1.29, 1.82) is 0 Å². The van der Waals surface area contributed by atoms with Crippen molar-refractivity contribution in [2.45, 2.75) is 39.3 Å². The minimum absolute atomic E-state index is 0.236. The number of ether oxygens (including phenoxy) is 1. The van der Waals surface area contributed by atoms with Gasteiger partial charge in [-0.2, -0.15) is 0 Å². The first-order valence-corrected chi connectivity index (χ1v) is 7.73. The maximum atomic E-state index is 6.07. The monoisotopic (exact) mass is 276 g/mol. The third-order valence-electron chi connectivity index (χ3n) is 4.21. The summed E-state index contributed by atoms with van der Waals surface area (Å²) in [5.41, 5.74) is 4.18. The van der Waals surface area contributed by atoms with Crippen molar-refractivity contribution < 1.29 is 4.74 Å². The second kappa shape index (κ2) is 7.21. The lowest BCUT2D eigenvalue weighted by atomic mass is 9.90. The Hall–Kier alpha value is -0.900. The van der Waals surface area contributed by atoms with E-state index in [2.05, 4.69) is 56.2 Å². The van der Waals surface area contributed by atoms with E-state index in [1.54, 1.807) is 0 Å². The van der Waals surface area contributed by atoms with E-state index in [4.69, 9.17) is 4.74 Å². The summed E-state index contributed by atoms with van der Waals surface area (Å²) in [6.45, 7) is 10.4. The molecule has 0 bridgehead atoms. The molecule has 1 fully saturated rings. The van der Waals surface area contributed by atoms with Crippen LogP contribution in [0.4, 0.5) is 0 Å². The smallest absolute Gasteiger partial charge is 0.0896 e. The van der Waals surface area contributed by atoms with Gasteiger partial charge in [0.05, 0.1) is 18.8 Å². The highest BCUT2D eigenvalue weighted by Gasteiger charge is 2.32. The van der Waals surface area contributed by atoms with Gasteiger partial charge in [-0.25, -0.2) is 0 Å². The second-order valence-corrected chi connectivity index (χ2v) is 5.84. The topological polar surface area (TPSA) is 24.5 Å². The SMILES string of the molecule is CCCNCC1OCCN(C)C1c1c(C)cccc1C. The zero-order valence-electron chi connectivity index (χ0n) is 13.3. The summed E-state index contributed by atoms with van der Waals surface area (Å²) >= 11 is 0. The van der Waals surface area contributed by atoms with Crippen LogP contribution in [0.5, 0.6) is 0 Å². The summed E-state index contributed by atoms with van der Waals surface area (Å²) in [7, 11) is 2.21. The van der Waals surface area contributed by atoms with Crippen LogP contribution in [0.3, 0.4) is 0 Å². The van der Waals surface area contributed by atoms with E-state index in [1.807, 2.05) is 0 Å². The maximum absolute atomic E-state index is 6.07. The molecule has 0 spiro atoms. The van der Waals surface area contributed by atoms with Gasteiger partial charge in [-0.15, -0.1) is 0 Å². The minimum atomic E-state index is 0.236. The average molecular weight is 276 g/mol. The molecule has 1 N–H and O–H groups in total. The van der Waals surface area contributed by atoms with Crippen molar-refractivity contribution in [1.82, 2.24) is 10.2 Å². The number of nitrogens with zero attached hydrogens (tertiary/aromatic N) is 1. The highest BCUT2D eigenvalue weighted by Crippen LogP contribution is 2.32. The number of likely N-dealkylation sites (N-methyl/N-ethyl adjacent to an activating group) is 1. The summed E-state index contributed by atoms with van der Waals surface area (Å²) < 4.78 is 6.07. The van der Waals surface area contributed by atoms with Gasteiger partial charge in [0.25, 0.3) is 0 Å². The van der Waals surface area contributed by atoms with Gasteiger partial charge in [0.2, 0.25) is 0 Å². The number of morpholine rings is 1. The Morgan fingerprint density at radius 1 is 1.30 bits per heavy atom. The van der Waals surface area contributed by atoms with Crippen molar-refractivity contribution in [3.63, 3.8) is 0 Å². The van der Waals surface area contributed by atoms with Crippen molar-refractivity contribution in [2.75, 3.05) is 33.3 Å². The first-order valence-electron chi connectivity index (χ1n) is 7.73. The van der Waals surface area contributed by atoms with Gasteiger partial charge in [0.1, 0.15) is 0 Å². The van der Waals surface area contributed by atoms with Crippen LogP contribution in [0.2, 0.25) is 0 Å². The van der Waals surface area contributed by atoms with Crippen LogP contribution >= 0.6 is 0 Å². The van der Waals surface area contributed by atoms with E-state index in [0.717, 1.165) is 32.7 Å². The largest absolute Gasteiger partial charge is 0.374 e. The zero-order chi connectivity index (χ0) is 14.5. The summed E-state index contributed by atoms with van der Waals surface area (Å²) in [6, 6.07) is 6.92. The van der Waals surface area contributed by atoms with Crippen LogP contribution in [0.15, 0.2) is 18.2 Å². The van der Waals surface area contributed by atoms with Gasteiger partial charge in [0, 0.05) is 13.1 Å². The first kappa shape index (κ1) is 15.5. The normalized spacial score (nSPS) is 24.0. The fourth-order valence-electron chi connectivity index (χ4n) is 3.15. The predicted molar refractivity (Wildman–Crippen MR) is 84.2 cm³/mol. The van der Waals surface area contributed by atoms with Crippen molar-refractivity contribution in [3.05, 3.63) is 34.9 Å². The van der Waals surface area contributed by atoms with Gasteiger partial charge in [-0.05, 0) is 50.6 Å². The summed E-state index contributed by atoms with van der Waals surface area (Å²) in [6.07, 6.45) is 1.40. The molecule has 1 aliphatic rings. The fourth-order valence-corrected chi connectivity index (χ4v) is 3.15. The molecular formula is C17H28N2O. The third kappa shape index (κ3) is 3.40. The molecule has 0 aliphatic carbocycles. The van der Waals surface area contributed by atoms with E-state index in [0.29, 0.717) is 6.04 Å². The molecule has 0 radical (unpaired) electrons. The van der Waals surface area contributed by atoms with E-state index in [9.17, 15) is 0 Å². The molecule has 2 unspecified atom stereocenters. The van der Waals surface area contributed by atoms with E-state index in [-0.39, 0.29) is 6.10 Å². The van der Waals surface area contributed by atoms with Crippen LogP contribution in [0.25, 0.3) is 0 Å². The molecule has 2 atom stereocenters. The van der Waals surface area contributed by atoms with Crippen LogP contribution in [-0.2, 0) is 4.74 Å². The zero-order valence-corrected chi connectivity index (χ0v) is 13.3. The van der Waals surface area contributed by atoms with E-state index >= 15 is 0 Å². The number of aryl methyl sites for hydroxylation is 2. The van der Waals surface area contributed by atoms with Crippen LogP contribution in [0.1, 0.15) is 36.1 Å². The fraction of sp³-hybridized carbons (Fsp3) is 0.647. The molecular weight excluding hydrogens is 248 g/mol. The van der Waals surface area contributed by atoms with Crippen molar-refractivity contribution >= 4 is 0 Å². The Labute approximate surface area is 123 Å². The quantitative estimate of drug-likeness (QED) is 0.837. The highest BCUT2D eigenvalue weighted by molar-refractivity contribution is 5.37. The molecule has 1 aromatic carbocycles. The summed E-state index contributed by atoms with van der Waals surface area (Å²) in [5.74, 6) is 0. The lowest BCUT2D eigenvalue weighted by Gasteiger charge is -2.41. The number of benzene rings is 1. The molecule has 2 rings (SSSR count). The lowest BCUT2D eigenvalue weighted by Crippen LogP contribution is -2.48. The van der Waals surface area contributed by atoms with E-state index < -0.39 is 0 Å². The van der Waals surface area contributed by atoms with Crippen LogP contribution in [-0.4, -0.2) is 44.3 Å².